The van der Waals surface area contributed by atoms with Crippen molar-refractivity contribution < 1.29 is 9.53 Å². The molecule has 0 spiro atoms. The second kappa shape index (κ2) is 6.73. The van der Waals surface area contributed by atoms with Gasteiger partial charge in [0.1, 0.15) is 0 Å². The Bertz CT molecular complexity index is 693. The van der Waals surface area contributed by atoms with E-state index in [2.05, 4.69) is 5.32 Å². The molecule has 1 aliphatic carbocycles. The van der Waals surface area contributed by atoms with Crippen LogP contribution in [0.1, 0.15) is 40.7 Å². The highest BCUT2D eigenvalue weighted by atomic mass is 35.5. The zero-order valence-electron chi connectivity index (χ0n) is 13.1. The minimum atomic E-state index is -0.265. The quantitative estimate of drug-likeness (QED) is 0.888. The highest BCUT2D eigenvalue weighted by molar-refractivity contribution is 6.30. The van der Waals surface area contributed by atoms with E-state index in [1.165, 1.54) is 0 Å². The van der Waals surface area contributed by atoms with Crippen LogP contribution in [0.4, 0.5) is 0 Å². The summed E-state index contributed by atoms with van der Waals surface area (Å²) in [6.45, 7) is 0.503. The van der Waals surface area contributed by atoms with Crippen molar-refractivity contribution in [3.05, 3.63) is 70.2 Å². The van der Waals surface area contributed by atoms with E-state index in [4.69, 9.17) is 16.3 Å². The summed E-state index contributed by atoms with van der Waals surface area (Å²) in [6.07, 6.45) is 3.03. The third-order valence-electron chi connectivity index (χ3n) is 4.46. The Kier molecular flexibility index (Phi) is 4.69. The van der Waals surface area contributed by atoms with Crippen LogP contribution in [0.5, 0.6) is 0 Å². The molecule has 2 aromatic rings. The topological polar surface area (TPSA) is 38.3 Å². The van der Waals surface area contributed by atoms with Crippen LogP contribution in [0, 0.1) is 0 Å². The lowest BCUT2D eigenvalue weighted by molar-refractivity contribution is 0.0823. The molecule has 3 rings (SSSR count). The molecule has 1 fully saturated rings. The van der Waals surface area contributed by atoms with Gasteiger partial charge in [0.2, 0.25) is 0 Å². The predicted octanol–water partition coefficient (Wildman–Crippen LogP) is 4.30. The molecule has 3 nitrogen and oxygen atoms in total. The van der Waals surface area contributed by atoms with E-state index in [0.29, 0.717) is 17.2 Å². The average Bonchev–Trinajstić information content (AvgIpc) is 2.52. The van der Waals surface area contributed by atoms with E-state index in [1.54, 1.807) is 7.11 Å². The van der Waals surface area contributed by atoms with Gasteiger partial charge in [-0.3, -0.25) is 4.79 Å². The fourth-order valence-electron chi connectivity index (χ4n) is 3.04. The number of carbonyl (C=O) groups excluding carboxylic acids is 1. The molecule has 1 amide bonds. The SMILES string of the molecule is COCc1cccc(C(=O)NC2(c3ccc(Cl)cc3)CCC2)c1. The maximum absolute atomic E-state index is 12.7. The fourth-order valence-corrected chi connectivity index (χ4v) is 3.17. The smallest absolute Gasteiger partial charge is 0.251 e. The van der Waals surface area contributed by atoms with E-state index in [-0.39, 0.29) is 11.4 Å². The molecule has 1 N–H and O–H groups in total. The lowest BCUT2D eigenvalue weighted by atomic mass is 9.71. The van der Waals surface area contributed by atoms with Crippen LogP contribution in [-0.4, -0.2) is 13.0 Å². The lowest BCUT2D eigenvalue weighted by Crippen LogP contribution is -2.50. The minimum absolute atomic E-state index is 0.0439. The van der Waals surface area contributed by atoms with Crippen molar-refractivity contribution in [1.29, 1.82) is 0 Å². The van der Waals surface area contributed by atoms with Crippen molar-refractivity contribution in [2.24, 2.45) is 0 Å². The normalized spacial score (nSPS) is 15.7. The Morgan fingerprint density at radius 1 is 1.22 bits per heavy atom. The van der Waals surface area contributed by atoms with E-state index in [1.807, 2.05) is 48.5 Å². The number of hydrogen-bond acceptors (Lipinski definition) is 2. The standard InChI is InChI=1S/C19H20ClNO2/c1-23-13-14-4-2-5-15(12-14)18(22)21-19(10-3-11-19)16-6-8-17(20)9-7-16/h2,4-9,12H,3,10-11,13H2,1H3,(H,21,22). The third kappa shape index (κ3) is 3.41. The summed E-state index contributed by atoms with van der Waals surface area (Å²) >= 11 is 5.97. The molecule has 0 heterocycles. The first kappa shape index (κ1) is 16.0. The molecule has 4 heteroatoms. The second-order valence-corrected chi connectivity index (χ2v) is 6.47. The number of nitrogens with one attached hydrogen (secondary N) is 1. The van der Waals surface area contributed by atoms with Gasteiger partial charge in [-0.05, 0) is 54.7 Å². The zero-order valence-corrected chi connectivity index (χ0v) is 13.9. The van der Waals surface area contributed by atoms with Gasteiger partial charge in [-0.25, -0.2) is 0 Å². The summed E-state index contributed by atoms with van der Waals surface area (Å²) in [5.41, 5.74) is 2.52. The van der Waals surface area contributed by atoms with E-state index in [9.17, 15) is 4.79 Å². The predicted molar refractivity (Wildman–Crippen MR) is 91.6 cm³/mol. The molecule has 0 unspecified atom stereocenters. The molecule has 0 atom stereocenters. The maximum atomic E-state index is 12.7. The first-order chi connectivity index (χ1) is 11.1. The van der Waals surface area contributed by atoms with E-state index in [0.717, 1.165) is 30.4 Å². The minimum Gasteiger partial charge on any atom is -0.380 e. The van der Waals surface area contributed by atoms with Gasteiger partial charge >= 0.3 is 0 Å². The van der Waals surface area contributed by atoms with Crippen LogP contribution < -0.4 is 5.32 Å². The Morgan fingerprint density at radius 2 is 1.96 bits per heavy atom. The van der Waals surface area contributed by atoms with Crippen LogP contribution in [0.15, 0.2) is 48.5 Å². The Balaban J connectivity index is 1.80. The third-order valence-corrected chi connectivity index (χ3v) is 4.71. The number of methoxy groups -OCH3 is 1. The van der Waals surface area contributed by atoms with E-state index < -0.39 is 0 Å². The van der Waals surface area contributed by atoms with Crippen LogP contribution in [0.25, 0.3) is 0 Å². The van der Waals surface area contributed by atoms with Crippen molar-refractivity contribution in [1.82, 2.24) is 5.32 Å². The van der Waals surface area contributed by atoms with Crippen molar-refractivity contribution >= 4 is 17.5 Å². The van der Waals surface area contributed by atoms with Crippen molar-refractivity contribution in [2.75, 3.05) is 7.11 Å². The number of halogens is 1. The number of ether oxygens (including phenoxy) is 1. The molecule has 120 valence electrons. The van der Waals surface area contributed by atoms with Gasteiger partial charge in [-0.15, -0.1) is 0 Å². The fraction of sp³-hybridized carbons (Fsp3) is 0.316. The van der Waals surface area contributed by atoms with Crippen LogP contribution in [0.2, 0.25) is 5.02 Å². The van der Waals surface area contributed by atoms with Crippen molar-refractivity contribution in [2.45, 2.75) is 31.4 Å². The summed E-state index contributed by atoms with van der Waals surface area (Å²) < 4.78 is 5.13. The zero-order chi connectivity index (χ0) is 16.3. The molecule has 2 aromatic carbocycles. The Morgan fingerprint density at radius 3 is 2.57 bits per heavy atom. The molecule has 1 aliphatic rings. The number of carbonyl (C=O) groups is 1. The molecule has 1 saturated carbocycles. The molecule has 0 aromatic heterocycles. The molecule has 0 radical (unpaired) electrons. The molecular formula is C19H20ClNO2. The van der Waals surface area contributed by atoms with Gasteiger partial charge in [0.25, 0.3) is 5.91 Å². The van der Waals surface area contributed by atoms with Gasteiger partial charge in [-0.1, -0.05) is 35.9 Å². The molecule has 23 heavy (non-hydrogen) atoms. The highest BCUT2D eigenvalue weighted by Crippen LogP contribution is 2.41. The molecule has 0 saturated heterocycles. The number of amides is 1. The average molecular weight is 330 g/mol. The molecule has 0 aliphatic heterocycles. The second-order valence-electron chi connectivity index (χ2n) is 6.03. The van der Waals surface area contributed by atoms with Crippen LogP contribution in [-0.2, 0) is 16.9 Å². The first-order valence-electron chi connectivity index (χ1n) is 7.79. The lowest BCUT2D eigenvalue weighted by Gasteiger charge is -2.43. The summed E-state index contributed by atoms with van der Waals surface area (Å²) in [7, 11) is 1.65. The summed E-state index contributed by atoms with van der Waals surface area (Å²) in [5, 5.41) is 3.94. The van der Waals surface area contributed by atoms with Gasteiger partial charge in [-0.2, -0.15) is 0 Å². The van der Waals surface area contributed by atoms with Crippen molar-refractivity contribution in [3.8, 4) is 0 Å². The summed E-state index contributed by atoms with van der Waals surface area (Å²) in [6, 6.07) is 15.3. The van der Waals surface area contributed by atoms with Crippen LogP contribution >= 0.6 is 11.6 Å². The number of rotatable bonds is 5. The molecule has 0 bridgehead atoms. The number of benzene rings is 2. The first-order valence-corrected chi connectivity index (χ1v) is 8.17. The van der Waals surface area contributed by atoms with E-state index >= 15 is 0 Å². The highest BCUT2D eigenvalue weighted by Gasteiger charge is 2.40. The summed E-state index contributed by atoms with van der Waals surface area (Å²) in [4.78, 5) is 12.7. The van der Waals surface area contributed by atoms with Crippen molar-refractivity contribution in [3.63, 3.8) is 0 Å². The monoisotopic (exact) mass is 329 g/mol. The Labute approximate surface area is 141 Å². The Hall–Kier alpha value is -1.84. The molecular weight excluding hydrogens is 310 g/mol. The maximum Gasteiger partial charge on any atom is 0.251 e. The summed E-state index contributed by atoms with van der Waals surface area (Å²) in [5.74, 6) is -0.0439. The van der Waals surface area contributed by atoms with Gasteiger partial charge in [0, 0.05) is 17.7 Å². The number of hydrogen-bond donors (Lipinski definition) is 1. The van der Waals surface area contributed by atoms with Gasteiger partial charge < -0.3 is 10.1 Å². The van der Waals surface area contributed by atoms with Crippen LogP contribution in [0.3, 0.4) is 0 Å². The van der Waals surface area contributed by atoms with Gasteiger partial charge in [0.15, 0.2) is 0 Å². The van der Waals surface area contributed by atoms with Gasteiger partial charge in [0.05, 0.1) is 12.1 Å². The largest absolute Gasteiger partial charge is 0.380 e.